The Kier molecular flexibility index (Phi) is 3.77. The number of aryl methyl sites for hydroxylation is 1. The highest BCUT2D eigenvalue weighted by molar-refractivity contribution is 7.89. The van der Waals surface area contributed by atoms with E-state index in [1.165, 1.54) is 6.07 Å². The van der Waals surface area contributed by atoms with Crippen molar-refractivity contribution in [1.29, 1.82) is 0 Å². The van der Waals surface area contributed by atoms with Crippen LogP contribution in [0.25, 0.3) is 0 Å². The zero-order valence-corrected chi connectivity index (χ0v) is 11.5. The van der Waals surface area contributed by atoms with E-state index in [-0.39, 0.29) is 23.4 Å². The highest BCUT2D eigenvalue weighted by atomic mass is 32.2. The second-order valence-electron chi connectivity index (χ2n) is 4.68. The van der Waals surface area contributed by atoms with Crippen LogP contribution in [0, 0.1) is 6.92 Å². The van der Waals surface area contributed by atoms with Crippen molar-refractivity contribution in [3.8, 4) is 0 Å². The van der Waals surface area contributed by atoms with Gasteiger partial charge in [-0.25, -0.2) is 13.1 Å². The number of carbonyl (C=O) groups excluding carboxylic acids is 1. The molecule has 1 saturated heterocycles. The summed E-state index contributed by atoms with van der Waals surface area (Å²) in [5.41, 5.74) is 6.72. The summed E-state index contributed by atoms with van der Waals surface area (Å²) in [6.45, 7) is 1.90. The van der Waals surface area contributed by atoms with Gasteiger partial charge in [0.2, 0.25) is 15.9 Å². The molecule has 0 bridgehead atoms. The van der Waals surface area contributed by atoms with E-state index in [0.717, 1.165) is 0 Å². The fraction of sp³-hybridized carbons (Fsp3) is 0.417. The minimum absolute atomic E-state index is 0.0344. The van der Waals surface area contributed by atoms with Crippen LogP contribution in [-0.4, -0.2) is 26.9 Å². The molecular weight excluding hydrogens is 266 g/mol. The predicted molar refractivity (Wildman–Crippen MR) is 71.9 cm³/mol. The maximum atomic E-state index is 12.1. The van der Waals surface area contributed by atoms with Crippen LogP contribution in [0.15, 0.2) is 23.1 Å². The zero-order chi connectivity index (χ0) is 14.0. The fourth-order valence-electron chi connectivity index (χ4n) is 2.09. The first kappa shape index (κ1) is 13.8. The van der Waals surface area contributed by atoms with Crippen LogP contribution < -0.4 is 15.8 Å². The van der Waals surface area contributed by atoms with Crippen LogP contribution in [0.4, 0.5) is 5.69 Å². The topological polar surface area (TPSA) is 101 Å². The second kappa shape index (κ2) is 5.18. The van der Waals surface area contributed by atoms with E-state index < -0.39 is 10.0 Å². The molecule has 6 nitrogen and oxygen atoms in total. The molecule has 0 spiro atoms. The molecule has 2 rings (SSSR count). The summed E-state index contributed by atoms with van der Waals surface area (Å²) in [5.74, 6) is -0.0344. The third-order valence-electron chi connectivity index (χ3n) is 3.09. The largest absolute Gasteiger partial charge is 0.399 e. The summed E-state index contributed by atoms with van der Waals surface area (Å²) in [6.07, 6.45) is 1.11. The molecule has 0 radical (unpaired) electrons. The monoisotopic (exact) mass is 283 g/mol. The molecule has 19 heavy (non-hydrogen) atoms. The Labute approximate surface area is 112 Å². The number of nitrogens with one attached hydrogen (secondary N) is 2. The van der Waals surface area contributed by atoms with Crippen molar-refractivity contribution in [2.45, 2.75) is 30.7 Å². The number of anilines is 1. The van der Waals surface area contributed by atoms with Gasteiger partial charge in [-0.05, 0) is 37.1 Å². The first-order valence-corrected chi connectivity index (χ1v) is 7.52. The second-order valence-corrected chi connectivity index (χ2v) is 6.42. The summed E-state index contributed by atoms with van der Waals surface area (Å²) in [5, 5.41) is 2.72. The Balaban J connectivity index is 2.07. The number of carbonyl (C=O) groups is 1. The quantitative estimate of drug-likeness (QED) is 0.684. The molecule has 1 aromatic carbocycles. The number of hydrogen-bond donors (Lipinski definition) is 3. The van der Waals surface area contributed by atoms with Gasteiger partial charge in [-0.15, -0.1) is 0 Å². The number of amides is 1. The minimum atomic E-state index is -3.57. The SMILES string of the molecule is Cc1cc(N)ccc1S(=O)(=O)NCC1CCC(=O)N1. The number of benzene rings is 1. The molecular formula is C12H17N3O3S. The molecule has 0 aliphatic carbocycles. The van der Waals surface area contributed by atoms with Crippen LogP contribution >= 0.6 is 0 Å². The van der Waals surface area contributed by atoms with Gasteiger partial charge in [-0.1, -0.05) is 0 Å². The van der Waals surface area contributed by atoms with Crippen LogP contribution in [0.3, 0.4) is 0 Å². The van der Waals surface area contributed by atoms with E-state index in [9.17, 15) is 13.2 Å². The van der Waals surface area contributed by atoms with Crippen LogP contribution in [0.5, 0.6) is 0 Å². The summed E-state index contributed by atoms with van der Waals surface area (Å²) in [4.78, 5) is 11.3. The van der Waals surface area contributed by atoms with E-state index >= 15 is 0 Å². The Hall–Kier alpha value is -1.60. The summed E-state index contributed by atoms with van der Waals surface area (Å²) < 4.78 is 26.8. The molecule has 1 amide bonds. The van der Waals surface area contributed by atoms with Gasteiger partial charge in [-0.2, -0.15) is 0 Å². The molecule has 7 heteroatoms. The van der Waals surface area contributed by atoms with Gasteiger partial charge in [0, 0.05) is 24.7 Å². The third-order valence-corrected chi connectivity index (χ3v) is 4.68. The first-order chi connectivity index (χ1) is 8.88. The zero-order valence-electron chi connectivity index (χ0n) is 10.6. The molecule has 1 aromatic rings. The highest BCUT2D eigenvalue weighted by Crippen LogP contribution is 2.18. The van der Waals surface area contributed by atoms with E-state index in [0.29, 0.717) is 24.1 Å². The molecule has 0 aromatic heterocycles. The fourth-order valence-corrected chi connectivity index (χ4v) is 3.40. The van der Waals surface area contributed by atoms with Crippen molar-refractivity contribution in [1.82, 2.24) is 10.0 Å². The number of rotatable bonds is 4. The van der Waals surface area contributed by atoms with Crippen LogP contribution in [0.1, 0.15) is 18.4 Å². The van der Waals surface area contributed by atoms with Crippen molar-refractivity contribution in [3.05, 3.63) is 23.8 Å². The van der Waals surface area contributed by atoms with Crippen LogP contribution in [0.2, 0.25) is 0 Å². The molecule has 1 atom stereocenters. The summed E-state index contributed by atoms with van der Waals surface area (Å²) in [7, 11) is -3.57. The van der Waals surface area contributed by atoms with E-state index in [1.54, 1.807) is 19.1 Å². The maximum Gasteiger partial charge on any atom is 0.240 e. The standard InChI is InChI=1S/C12H17N3O3S/c1-8-6-9(13)2-4-11(8)19(17,18)14-7-10-3-5-12(16)15-10/h2,4,6,10,14H,3,5,7,13H2,1H3,(H,15,16). The van der Waals surface area contributed by atoms with E-state index in [4.69, 9.17) is 5.73 Å². The molecule has 104 valence electrons. The van der Waals surface area contributed by atoms with Crippen molar-refractivity contribution < 1.29 is 13.2 Å². The van der Waals surface area contributed by atoms with Crippen molar-refractivity contribution >= 4 is 21.6 Å². The summed E-state index contributed by atoms with van der Waals surface area (Å²) in [6, 6.07) is 4.53. The molecule has 1 fully saturated rings. The Bertz CT molecular complexity index is 598. The molecule has 1 aliphatic rings. The summed E-state index contributed by atoms with van der Waals surface area (Å²) >= 11 is 0. The van der Waals surface area contributed by atoms with Gasteiger partial charge >= 0.3 is 0 Å². The first-order valence-electron chi connectivity index (χ1n) is 6.03. The number of nitrogen functional groups attached to an aromatic ring is 1. The lowest BCUT2D eigenvalue weighted by Gasteiger charge is -2.13. The van der Waals surface area contributed by atoms with Crippen LogP contribution in [-0.2, 0) is 14.8 Å². The average Bonchev–Trinajstić information content (AvgIpc) is 2.72. The smallest absolute Gasteiger partial charge is 0.240 e. The molecule has 1 unspecified atom stereocenters. The van der Waals surface area contributed by atoms with Gasteiger partial charge in [0.15, 0.2) is 0 Å². The van der Waals surface area contributed by atoms with Gasteiger partial charge in [0.25, 0.3) is 0 Å². The van der Waals surface area contributed by atoms with Gasteiger partial charge < -0.3 is 11.1 Å². The van der Waals surface area contributed by atoms with E-state index in [1.807, 2.05) is 0 Å². The minimum Gasteiger partial charge on any atom is -0.399 e. The lowest BCUT2D eigenvalue weighted by Crippen LogP contribution is -2.38. The van der Waals surface area contributed by atoms with Crippen molar-refractivity contribution in [2.24, 2.45) is 0 Å². The number of hydrogen-bond acceptors (Lipinski definition) is 4. The van der Waals surface area contributed by atoms with Gasteiger partial charge in [0.05, 0.1) is 4.90 Å². The molecule has 4 N–H and O–H groups in total. The molecule has 0 saturated carbocycles. The molecule has 1 heterocycles. The molecule has 1 aliphatic heterocycles. The lowest BCUT2D eigenvalue weighted by atomic mass is 10.2. The number of sulfonamides is 1. The normalized spacial score (nSPS) is 19.4. The Morgan fingerprint density at radius 1 is 1.47 bits per heavy atom. The third kappa shape index (κ3) is 3.24. The highest BCUT2D eigenvalue weighted by Gasteiger charge is 2.23. The Morgan fingerprint density at radius 3 is 2.79 bits per heavy atom. The van der Waals surface area contributed by atoms with Gasteiger partial charge in [-0.3, -0.25) is 4.79 Å². The number of nitrogens with two attached hydrogens (primary N) is 1. The van der Waals surface area contributed by atoms with Gasteiger partial charge in [0.1, 0.15) is 0 Å². The van der Waals surface area contributed by atoms with E-state index in [2.05, 4.69) is 10.0 Å². The lowest BCUT2D eigenvalue weighted by molar-refractivity contribution is -0.119. The van der Waals surface area contributed by atoms with Crippen molar-refractivity contribution in [3.63, 3.8) is 0 Å². The maximum absolute atomic E-state index is 12.1. The predicted octanol–water partition coefficient (Wildman–Crippen LogP) is 0.134. The Morgan fingerprint density at radius 2 is 2.21 bits per heavy atom. The average molecular weight is 283 g/mol. The van der Waals surface area contributed by atoms with Crippen molar-refractivity contribution in [2.75, 3.05) is 12.3 Å².